The molecule has 0 saturated carbocycles. The number of pyridine rings is 1. The zero-order valence-corrected chi connectivity index (χ0v) is 22.4. The normalized spacial score (nSPS) is 11.3. The molecule has 7 rings (SSSR count). The lowest BCUT2D eigenvalue weighted by molar-refractivity contribution is 1.07. The van der Waals surface area contributed by atoms with Crippen molar-refractivity contribution in [3.8, 4) is 45.3 Å². The number of rotatable bonds is 4. The zero-order chi connectivity index (χ0) is 25.5. The molecular formula is C32H19BrN4S. The van der Waals surface area contributed by atoms with Crippen molar-refractivity contribution >= 4 is 47.4 Å². The maximum Gasteiger partial charge on any atom is 0.164 e. The van der Waals surface area contributed by atoms with Crippen molar-refractivity contribution < 1.29 is 0 Å². The van der Waals surface area contributed by atoms with Crippen molar-refractivity contribution in [1.29, 1.82) is 0 Å². The predicted molar refractivity (Wildman–Crippen MR) is 160 cm³/mol. The van der Waals surface area contributed by atoms with Gasteiger partial charge in [0.2, 0.25) is 0 Å². The lowest BCUT2D eigenvalue weighted by Gasteiger charge is -2.10. The van der Waals surface area contributed by atoms with Gasteiger partial charge in [0.15, 0.2) is 17.5 Å². The smallest absolute Gasteiger partial charge is 0.164 e. The van der Waals surface area contributed by atoms with Crippen molar-refractivity contribution in [3.05, 3.63) is 120 Å². The topological polar surface area (TPSA) is 51.6 Å². The summed E-state index contributed by atoms with van der Waals surface area (Å²) < 4.78 is 3.44. The van der Waals surface area contributed by atoms with E-state index in [0.29, 0.717) is 17.5 Å². The highest BCUT2D eigenvalue weighted by Gasteiger charge is 2.15. The summed E-state index contributed by atoms with van der Waals surface area (Å²) in [5.41, 5.74) is 4.89. The molecular weight excluding hydrogens is 552 g/mol. The molecule has 0 radical (unpaired) electrons. The van der Waals surface area contributed by atoms with Crippen LogP contribution in [0.5, 0.6) is 0 Å². The molecule has 4 nitrogen and oxygen atoms in total. The van der Waals surface area contributed by atoms with E-state index in [-0.39, 0.29) is 0 Å². The van der Waals surface area contributed by atoms with Crippen molar-refractivity contribution in [2.45, 2.75) is 0 Å². The minimum absolute atomic E-state index is 0.622. The van der Waals surface area contributed by atoms with Crippen LogP contribution in [0.4, 0.5) is 0 Å². The van der Waals surface area contributed by atoms with E-state index in [4.69, 9.17) is 15.0 Å². The minimum Gasteiger partial charge on any atom is -0.264 e. The number of hydrogen-bond donors (Lipinski definition) is 0. The summed E-state index contributed by atoms with van der Waals surface area (Å²) >= 11 is 5.48. The highest BCUT2D eigenvalue weighted by molar-refractivity contribution is 9.10. The third-order valence-corrected chi connectivity index (χ3v) is 8.05. The summed E-state index contributed by atoms with van der Waals surface area (Å²) in [5, 5.41) is 2.53. The van der Waals surface area contributed by atoms with Crippen molar-refractivity contribution in [3.63, 3.8) is 0 Å². The zero-order valence-electron chi connectivity index (χ0n) is 20.0. The summed E-state index contributed by atoms with van der Waals surface area (Å²) in [4.78, 5) is 19.1. The molecule has 6 heteroatoms. The van der Waals surface area contributed by atoms with Crippen molar-refractivity contribution in [2.75, 3.05) is 0 Å². The summed E-state index contributed by atoms with van der Waals surface area (Å²) in [7, 11) is 0. The van der Waals surface area contributed by atoms with Gasteiger partial charge in [0.05, 0.1) is 0 Å². The first-order valence-electron chi connectivity index (χ1n) is 12.2. The van der Waals surface area contributed by atoms with Crippen LogP contribution >= 0.6 is 27.3 Å². The highest BCUT2D eigenvalue weighted by atomic mass is 79.9. The lowest BCUT2D eigenvalue weighted by Crippen LogP contribution is -2.00. The van der Waals surface area contributed by atoms with E-state index in [2.05, 4.69) is 75.5 Å². The SMILES string of the molecule is Brc1cc(-c2cccnc2)cc(-c2nc(-c3ccccc3)nc(-c3ccc4c(c3)sc3ccccc34)n2)c1. The van der Waals surface area contributed by atoms with Crippen LogP contribution in [0.2, 0.25) is 0 Å². The second-order valence-electron chi connectivity index (χ2n) is 8.95. The molecule has 180 valence electrons. The molecule has 0 aliphatic rings. The summed E-state index contributed by atoms with van der Waals surface area (Å²) in [6.45, 7) is 0. The summed E-state index contributed by atoms with van der Waals surface area (Å²) in [5.74, 6) is 1.91. The van der Waals surface area contributed by atoms with Gasteiger partial charge in [-0.05, 0) is 42.0 Å². The summed E-state index contributed by atoms with van der Waals surface area (Å²) in [6, 6.07) is 35.3. The highest BCUT2D eigenvalue weighted by Crippen LogP contribution is 2.36. The van der Waals surface area contributed by atoms with Gasteiger partial charge in [-0.15, -0.1) is 11.3 Å². The number of thiophene rings is 1. The van der Waals surface area contributed by atoms with Crippen LogP contribution in [0.1, 0.15) is 0 Å². The van der Waals surface area contributed by atoms with Crippen LogP contribution in [0.3, 0.4) is 0 Å². The monoisotopic (exact) mass is 570 g/mol. The first-order chi connectivity index (χ1) is 18.7. The van der Waals surface area contributed by atoms with Crippen molar-refractivity contribution in [2.24, 2.45) is 0 Å². The molecule has 0 aliphatic heterocycles. The average Bonchev–Trinajstić information content (AvgIpc) is 3.35. The second kappa shape index (κ2) is 9.56. The van der Waals surface area contributed by atoms with Gasteiger partial charge in [0, 0.05) is 59.3 Å². The van der Waals surface area contributed by atoms with Crippen LogP contribution in [0, 0.1) is 0 Å². The average molecular weight is 572 g/mol. The standard InChI is InChI=1S/C32H19BrN4S/c33-25-16-23(22-9-6-14-34-19-22)15-24(17-25)32-36-30(20-7-2-1-3-8-20)35-31(37-32)21-12-13-27-26-10-4-5-11-28(26)38-29(27)18-21/h1-19H. The maximum absolute atomic E-state index is 4.98. The molecule has 38 heavy (non-hydrogen) atoms. The van der Waals surface area contributed by atoms with Crippen LogP contribution in [0.25, 0.3) is 65.5 Å². The summed E-state index contributed by atoms with van der Waals surface area (Å²) in [6.07, 6.45) is 3.64. The molecule has 0 N–H and O–H groups in total. The third-order valence-electron chi connectivity index (χ3n) is 6.46. The molecule has 0 bridgehead atoms. The van der Waals surface area contributed by atoms with E-state index < -0.39 is 0 Å². The fourth-order valence-corrected chi connectivity index (χ4v) is 6.27. The minimum atomic E-state index is 0.622. The number of halogens is 1. The molecule has 0 atom stereocenters. The van der Waals surface area contributed by atoms with E-state index in [1.165, 1.54) is 20.2 Å². The number of hydrogen-bond acceptors (Lipinski definition) is 5. The Morgan fingerprint density at radius 2 is 1.18 bits per heavy atom. The van der Waals surface area contributed by atoms with Gasteiger partial charge in [-0.3, -0.25) is 4.98 Å². The fraction of sp³-hybridized carbons (Fsp3) is 0. The number of aromatic nitrogens is 4. The van der Waals surface area contributed by atoms with Gasteiger partial charge in [0.25, 0.3) is 0 Å². The molecule has 0 saturated heterocycles. The van der Waals surface area contributed by atoms with E-state index in [1.807, 2.05) is 54.7 Å². The molecule has 0 spiro atoms. The first kappa shape index (κ1) is 22.9. The van der Waals surface area contributed by atoms with E-state index >= 15 is 0 Å². The van der Waals surface area contributed by atoms with Crippen LogP contribution in [-0.4, -0.2) is 19.9 Å². The molecule has 4 aromatic carbocycles. The predicted octanol–water partition coefficient (Wildman–Crippen LogP) is 9.06. The molecule has 0 amide bonds. The molecule has 0 unspecified atom stereocenters. The van der Waals surface area contributed by atoms with E-state index in [9.17, 15) is 0 Å². The number of nitrogens with zero attached hydrogens (tertiary/aromatic N) is 4. The quantitative estimate of drug-likeness (QED) is 0.212. The Morgan fingerprint density at radius 3 is 2.00 bits per heavy atom. The third kappa shape index (κ3) is 4.28. The largest absolute Gasteiger partial charge is 0.264 e. The second-order valence-corrected chi connectivity index (χ2v) is 11.0. The molecule has 7 aromatic rings. The lowest BCUT2D eigenvalue weighted by atomic mass is 10.0. The van der Waals surface area contributed by atoms with Crippen LogP contribution < -0.4 is 0 Å². The molecule has 3 aromatic heterocycles. The Balaban J connectivity index is 1.42. The Kier molecular flexibility index (Phi) is 5.76. The molecule has 0 fully saturated rings. The molecule has 3 heterocycles. The maximum atomic E-state index is 4.98. The van der Waals surface area contributed by atoms with Gasteiger partial charge in [0.1, 0.15) is 0 Å². The van der Waals surface area contributed by atoms with E-state index in [0.717, 1.165) is 32.3 Å². The fourth-order valence-electron chi connectivity index (χ4n) is 4.63. The van der Waals surface area contributed by atoms with Gasteiger partial charge in [-0.1, -0.05) is 82.7 Å². The van der Waals surface area contributed by atoms with Gasteiger partial charge >= 0.3 is 0 Å². The Hall–Kier alpha value is -4.26. The Morgan fingerprint density at radius 1 is 0.500 bits per heavy atom. The Bertz CT molecular complexity index is 1930. The van der Waals surface area contributed by atoms with Crippen LogP contribution in [-0.2, 0) is 0 Å². The number of benzene rings is 4. The van der Waals surface area contributed by atoms with Crippen LogP contribution in [0.15, 0.2) is 120 Å². The van der Waals surface area contributed by atoms with Gasteiger partial charge in [-0.2, -0.15) is 0 Å². The van der Waals surface area contributed by atoms with Gasteiger partial charge in [-0.25, -0.2) is 15.0 Å². The first-order valence-corrected chi connectivity index (χ1v) is 13.8. The Labute approximate surface area is 231 Å². The van der Waals surface area contributed by atoms with E-state index in [1.54, 1.807) is 17.5 Å². The number of fused-ring (bicyclic) bond motifs is 3. The van der Waals surface area contributed by atoms with Crippen molar-refractivity contribution in [1.82, 2.24) is 19.9 Å². The van der Waals surface area contributed by atoms with Gasteiger partial charge < -0.3 is 0 Å². The molecule has 0 aliphatic carbocycles.